The van der Waals surface area contributed by atoms with E-state index in [1.165, 1.54) is 0 Å². The molecule has 0 spiro atoms. The number of carbonyl (C=O) groups excluding carboxylic acids is 1. The summed E-state index contributed by atoms with van der Waals surface area (Å²) in [7, 11) is 0. The van der Waals surface area contributed by atoms with Crippen molar-refractivity contribution in [2.24, 2.45) is 0 Å². The fourth-order valence-corrected chi connectivity index (χ4v) is 0.966. The molecule has 0 fully saturated rings. The van der Waals surface area contributed by atoms with E-state index >= 15 is 0 Å². The molecular formula is C9H12BNO. The van der Waals surface area contributed by atoms with E-state index in [9.17, 15) is 4.79 Å². The van der Waals surface area contributed by atoms with Gasteiger partial charge in [-0.2, -0.15) is 0 Å². The molecule has 0 atom stereocenters. The lowest BCUT2D eigenvalue weighted by Crippen LogP contribution is -2.23. The molecule has 0 amide bonds. The first kappa shape index (κ1) is 8.98. The van der Waals surface area contributed by atoms with Crippen LogP contribution in [0, 0.1) is 0 Å². The fraction of sp³-hybridized carbons (Fsp3) is 0.333. The van der Waals surface area contributed by atoms with Gasteiger partial charge in [0.15, 0.2) is 12.5 Å². The minimum atomic E-state index is 0.0741. The van der Waals surface area contributed by atoms with Gasteiger partial charge in [0, 0.05) is 18.0 Å². The quantitative estimate of drug-likeness (QED) is 0.482. The Labute approximate surface area is 73.1 Å². The van der Waals surface area contributed by atoms with Gasteiger partial charge in [0.05, 0.1) is 0 Å². The SMILES string of the molecule is CB(C)c1cncc(C(C)=O)c1. The van der Waals surface area contributed by atoms with Crippen molar-refractivity contribution >= 4 is 18.0 Å². The van der Waals surface area contributed by atoms with E-state index in [0.29, 0.717) is 12.3 Å². The van der Waals surface area contributed by atoms with Crippen molar-refractivity contribution in [3.05, 3.63) is 24.0 Å². The molecule has 0 saturated heterocycles. The average molecular weight is 161 g/mol. The lowest BCUT2D eigenvalue weighted by Gasteiger charge is -2.02. The van der Waals surface area contributed by atoms with Crippen molar-refractivity contribution in [1.82, 2.24) is 4.98 Å². The van der Waals surface area contributed by atoms with Crippen LogP contribution in [0.3, 0.4) is 0 Å². The first-order valence-electron chi connectivity index (χ1n) is 4.07. The maximum absolute atomic E-state index is 11.0. The predicted octanol–water partition coefficient (Wildman–Crippen LogP) is 1.25. The minimum absolute atomic E-state index is 0.0741. The van der Waals surface area contributed by atoms with Crippen LogP contribution in [0.25, 0.3) is 0 Å². The summed E-state index contributed by atoms with van der Waals surface area (Å²) in [6, 6.07) is 1.90. The summed E-state index contributed by atoms with van der Waals surface area (Å²) in [4.78, 5) is 15.0. The van der Waals surface area contributed by atoms with Crippen molar-refractivity contribution in [3.63, 3.8) is 0 Å². The van der Waals surface area contributed by atoms with Crippen molar-refractivity contribution < 1.29 is 4.79 Å². The Hall–Kier alpha value is -1.12. The fourth-order valence-electron chi connectivity index (χ4n) is 0.966. The maximum Gasteiger partial charge on any atom is 0.171 e. The zero-order chi connectivity index (χ0) is 9.14. The van der Waals surface area contributed by atoms with E-state index in [1.54, 1.807) is 19.3 Å². The Balaban J connectivity index is 3.04. The second kappa shape index (κ2) is 3.52. The number of hydrogen-bond acceptors (Lipinski definition) is 2. The minimum Gasteiger partial charge on any atom is -0.294 e. The van der Waals surface area contributed by atoms with E-state index in [1.807, 2.05) is 6.07 Å². The normalized spacial score (nSPS) is 9.58. The summed E-state index contributed by atoms with van der Waals surface area (Å²) >= 11 is 0. The number of carbonyl (C=O) groups is 1. The van der Waals surface area contributed by atoms with Gasteiger partial charge in [-0.15, -0.1) is 0 Å². The molecule has 3 heteroatoms. The average Bonchev–Trinajstić information content (AvgIpc) is 2.04. The number of rotatable bonds is 2. The zero-order valence-electron chi connectivity index (χ0n) is 7.66. The highest BCUT2D eigenvalue weighted by Crippen LogP contribution is 1.96. The molecule has 2 nitrogen and oxygen atoms in total. The first-order valence-corrected chi connectivity index (χ1v) is 4.07. The summed E-state index contributed by atoms with van der Waals surface area (Å²) < 4.78 is 0. The highest BCUT2D eigenvalue weighted by atomic mass is 16.1. The molecule has 1 aromatic rings. The molecule has 0 unspecified atom stereocenters. The van der Waals surface area contributed by atoms with Gasteiger partial charge in [-0.25, -0.2) is 0 Å². The predicted molar refractivity (Wildman–Crippen MR) is 51.4 cm³/mol. The number of hydrogen-bond donors (Lipinski definition) is 0. The van der Waals surface area contributed by atoms with E-state index in [4.69, 9.17) is 0 Å². The Bertz CT molecular complexity index is 296. The van der Waals surface area contributed by atoms with Crippen LogP contribution in [-0.4, -0.2) is 17.5 Å². The summed E-state index contributed by atoms with van der Waals surface area (Å²) in [5.74, 6) is 0.0741. The molecule has 0 aromatic carbocycles. The van der Waals surface area contributed by atoms with Gasteiger partial charge in [0.1, 0.15) is 0 Å². The molecule has 0 N–H and O–H groups in total. The topological polar surface area (TPSA) is 30.0 Å². The van der Waals surface area contributed by atoms with Gasteiger partial charge in [-0.3, -0.25) is 9.78 Å². The van der Waals surface area contributed by atoms with Crippen molar-refractivity contribution in [2.75, 3.05) is 0 Å². The third-order valence-corrected chi connectivity index (χ3v) is 1.83. The van der Waals surface area contributed by atoms with Crippen LogP contribution in [0.2, 0.25) is 13.6 Å². The molecule has 62 valence electrons. The van der Waals surface area contributed by atoms with Crippen LogP contribution in [0.1, 0.15) is 17.3 Å². The molecule has 0 radical (unpaired) electrons. The number of ketones is 1. The van der Waals surface area contributed by atoms with E-state index in [-0.39, 0.29) is 5.78 Å². The highest BCUT2D eigenvalue weighted by molar-refractivity contribution is 6.70. The Morgan fingerprint density at radius 2 is 2.08 bits per heavy atom. The molecule has 0 aliphatic carbocycles. The zero-order valence-corrected chi connectivity index (χ0v) is 7.66. The molecule has 1 aromatic heterocycles. The lowest BCUT2D eigenvalue weighted by molar-refractivity contribution is 0.101. The Kier molecular flexibility index (Phi) is 2.63. The molecular weight excluding hydrogens is 149 g/mol. The number of pyridine rings is 1. The molecule has 12 heavy (non-hydrogen) atoms. The van der Waals surface area contributed by atoms with Gasteiger partial charge in [0.25, 0.3) is 0 Å². The van der Waals surface area contributed by atoms with Gasteiger partial charge in [-0.05, 0) is 6.92 Å². The van der Waals surface area contributed by atoms with Crippen LogP contribution in [-0.2, 0) is 0 Å². The summed E-state index contributed by atoms with van der Waals surface area (Å²) in [6.07, 6.45) is 3.41. The third-order valence-electron chi connectivity index (χ3n) is 1.83. The number of nitrogens with zero attached hydrogens (tertiary/aromatic N) is 1. The van der Waals surface area contributed by atoms with Gasteiger partial charge >= 0.3 is 0 Å². The van der Waals surface area contributed by atoms with Crippen molar-refractivity contribution in [1.29, 1.82) is 0 Å². The summed E-state index contributed by atoms with van der Waals surface area (Å²) in [5, 5.41) is 0. The van der Waals surface area contributed by atoms with Crippen molar-refractivity contribution in [3.8, 4) is 0 Å². The monoisotopic (exact) mass is 161 g/mol. The number of aromatic nitrogens is 1. The molecule has 1 rings (SSSR count). The first-order chi connectivity index (χ1) is 5.61. The second-order valence-electron chi connectivity index (χ2n) is 3.22. The van der Waals surface area contributed by atoms with E-state index in [2.05, 4.69) is 18.6 Å². The van der Waals surface area contributed by atoms with E-state index < -0.39 is 0 Å². The van der Waals surface area contributed by atoms with Crippen molar-refractivity contribution in [2.45, 2.75) is 20.6 Å². The third kappa shape index (κ3) is 1.94. The Morgan fingerprint density at radius 3 is 2.58 bits per heavy atom. The number of Topliss-reactive ketones (excluding diaryl/α,β-unsaturated/α-hetero) is 1. The van der Waals surface area contributed by atoms with Gasteiger partial charge < -0.3 is 0 Å². The molecule has 0 aliphatic rings. The van der Waals surface area contributed by atoms with Gasteiger partial charge in [0.2, 0.25) is 0 Å². The Morgan fingerprint density at radius 1 is 1.42 bits per heavy atom. The second-order valence-corrected chi connectivity index (χ2v) is 3.22. The van der Waals surface area contributed by atoms with Gasteiger partial charge in [-0.1, -0.05) is 25.2 Å². The highest BCUT2D eigenvalue weighted by Gasteiger charge is 2.05. The van der Waals surface area contributed by atoms with Crippen LogP contribution < -0.4 is 5.46 Å². The molecule has 0 bridgehead atoms. The molecule has 0 saturated carbocycles. The summed E-state index contributed by atoms with van der Waals surface area (Å²) in [5.41, 5.74) is 1.81. The van der Waals surface area contributed by atoms with Crippen LogP contribution in [0.5, 0.6) is 0 Å². The van der Waals surface area contributed by atoms with Crippen LogP contribution >= 0.6 is 0 Å². The molecule has 1 heterocycles. The van der Waals surface area contributed by atoms with Crippen LogP contribution in [0.15, 0.2) is 18.5 Å². The largest absolute Gasteiger partial charge is 0.294 e. The molecule has 0 aliphatic heterocycles. The smallest absolute Gasteiger partial charge is 0.171 e. The lowest BCUT2D eigenvalue weighted by atomic mass is 9.50. The maximum atomic E-state index is 11.0. The van der Waals surface area contributed by atoms with Crippen LogP contribution in [0.4, 0.5) is 0 Å². The summed E-state index contributed by atoms with van der Waals surface area (Å²) in [6.45, 7) is 6.15. The van der Waals surface area contributed by atoms with E-state index in [0.717, 1.165) is 5.46 Å². The standard InChI is InChI=1S/C9H12BNO/c1-7(12)8-4-9(10(2)3)6-11-5-8/h4-6H,1-3H3.